The number of anilines is 2. The number of carbonyl (C=O) groups excluding carboxylic acids is 2. The van der Waals surface area contributed by atoms with Crippen LogP contribution in [0, 0.1) is 6.92 Å². The van der Waals surface area contributed by atoms with Gasteiger partial charge in [-0.3, -0.25) is 9.59 Å². The van der Waals surface area contributed by atoms with Gasteiger partial charge in [0.05, 0.1) is 6.20 Å². The number of aromatic nitrogens is 1. The highest BCUT2D eigenvalue weighted by atomic mass is 16.4. The number of hydrogen-bond acceptors (Lipinski definition) is 4. The Hall–Kier alpha value is -3.41. The van der Waals surface area contributed by atoms with Crippen LogP contribution in [0.15, 0.2) is 59.1 Å². The van der Waals surface area contributed by atoms with Gasteiger partial charge in [-0.25, -0.2) is 4.98 Å². The second-order valence-corrected chi connectivity index (χ2v) is 7.54. The van der Waals surface area contributed by atoms with E-state index in [1.165, 1.54) is 0 Å². The highest BCUT2D eigenvalue weighted by Crippen LogP contribution is 2.27. The van der Waals surface area contributed by atoms with E-state index in [9.17, 15) is 9.59 Å². The molecule has 1 aliphatic heterocycles. The van der Waals surface area contributed by atoms with Gasteiger partial charge in [0.2, 0.25) is 11.8 Å². The Kier molecular flexibility index (Phi) is 5.93. The minimum Gasteiger partial charge on any atom is -0.441 e. The van der Waals surface area contributed by atoms with Crippen LogP contribution in [0.5, 0.6) is 0 Å². The molecule has 1 saturated heterocycles. The van der Waals surface area contributed by atoms with Crippen molar-refractivity contribution in [1.29, 1.82) is 0 Å². The van der Waals surface area contributed by atoms with Gasteiger partial charge in [-0.1, -0.05) is 30.3 Å². The first-order valence-corrected chi connectivity index (χ1v) is 10.3. The summed E-state index contributed by atoms with van der Waals surface area (Å²) in [5, 5.41) is 2.94. The molecule has 0 radical (unpaired) electrons. The van der Waals surface area contributed by atoms with E-state index in [4.69, 9.17) is 4.42 Å². The van der Waals surface area contributed by atoms with Gasteiger partial charge >= 0.3 is 0 Å². The molecule has 154 valence electrons. The lowest BCUT2D eigenvalue weighted by atomic mass is 10.1. The molecule has 1 aromatic heterocycles. The molecule has 0 saturated carbocycles. The zero-order chi connectivity index (χ0) is 20.9. The number of carbonyl (C=O) groups is 2. The normalized spacial score (nSPS) is 13.6. The standard InChI is InChI=1S/C24H25N3O3/c1-17-15-19(12-13-20(17)27-14-6-11-24(27)29)26-22(28)9-5-10-23-25-16-21(30-23)18-7-3-2-4-8-18/h2-4,7-8,12-13,15-16H,5-6,9-11,14H2,1H3,(H,26,28). The largest absolute Gasteiger partial charge is 0.441 e. The van der Waals surface area contributed by atoms with Crippen LogP contribution in [0.3, 0.4) is 0 Å². The number of benzene rings is 2. The molecular weight excluding hydrogens is 378 g/mol. The Morgan fingerprint density at radius 3 is 2.77 bits per heavy atom. The number of nitrogens with zero attached hydrogens (tertiary/aromatic N) is 2. The Bertz CT molecular complexity index is 1040. The molecule has 1 aliphatic rings. The van der Waals surface area contributed by atoms with Crippen molar-refractivity contribution in [2.75, 3.05) is 16.8 Å². The molecule has 2 amide bonds. The van der Waals surface area contributed by atoms with Crippen LogP contribution < -0.4 is 10.2 Å². The molecule has 0 spiro atoms. The summed E-state index contributed by atoms with van der Waals surface area (Å²) in [6.07, 6.45) is 4.87. The molecule has 2 heterocycles. The Labute approximate surface area is 175 Å². The molecule has 0 aliphatic carbocycles. The van der Waals surface area contributed by atoms with Crippen molar-refractivity contribution in [2.24, 2.45) is 0 Å². The van der Waals surface area contributed by atoms with Crippen LogP contribution >= 0.6 is 0 Å². The van der Waals surface area contributed by atoms with Gasteiger partial charge in [-0.2, -0.15) is 0 Å². The summed E-state index contributed by atoms with van der Waals surface area (Å²) in [7, 11) is 0. The quantitative estimate of drug-likeness (QED) is 0.618. The average molecular weight is 403 g/mol. The van der Waals surface area contributed by atoms with Gasteiger partial charge in [0.25, 0.3) is 0 Å². The Balaban J connectivity index is 1.28. The van der Waals surface area contributed by atoms with E-state index in [1.807, 2.05) is 60.4 Å². The number of hydrogen-bond donors (Lipinski definition) is 1. The predicted octanol–water partition coefficient (Wildman–Crippen LogP) is 4.74. The van der Waals surface area contributed by atoms with Crippen molar-refractivity contribution in [3.8, 4) is 11.3 Å². The fourth-order valence-electron chi connectivity index (χ4n) is 3.72. The van der Waals surface area contributed by atoms with E-state index in [0.717, 1.165) is 41.2 Å². The first-order valence-electron chi connectivity index (χ1n) is 10.3. The van der Waals surface area contributed by atoms with Crippen LogP contribution in [-0.4, -0.2) is 23.3 Å². The molecule has 4 rings (SSSR count). The molecule has 3 aromatic rings. The predicted molar refractivity (Wildman–Crippen MR) is 116 cm³/mol. The molecule has 1 fully saturated rings. The lowest BCUT2D eigenvalue weighted by Gasteiger charge is -2.19. The van der Waals surface area contributed by atoms with Gasteiger partial charge < -0.3 is 14.6 Å². The number of oxazole rings is 1. The lowest BCUT2D eigenvalue weighted by molar-refractivity contribution is -0.117. The van der Waals surface area contributed by atoms with Crippen molar-refractivity contribution in [1.82, 2.24) is 4.98 Å². The minimum absolute atomic E-state index is 0.0470. The number of rotatable bonds is 7. The SMILES string of the molecule is Cc1cc(NC(=O)CCCc2ncc(-c3ccccc3)o2)ccc1N1CCCC1=O. The van der Waals surface area contributed by atoms with E-state index in [0.29, 0.717) is 31.6 Å². The zero-order valence-corrected chi connectivity index (χ0v) is 17.1. The lowest BCUT2D eigenvalue weighted by Crippen LogP contribution is -2.24. The van der Waals surface area contributed by atoms with Crippen LogP contribution in [0.4, 0.5) is 11.4 Å². The molecule has 0 unspecified atom stereocenters. The Morgan fingerprint density at radius 1 is 1.20 bits per heavy atom. The number of aryl methyl sites for hydroxylation is 2. The molecule has 1 N–H and O–H groups in total. The zero-order valence-electron chi connectivity index (χ0n) is 17.1. The van der Waals surface area contributed by atoms with E-state index in [1.54, 1.807) is 6.20 Å². The van der Waals surface area contributed by atoms with Crippen molar-refractivity contribution in [2.45, 2.75) is 39.0 Å². The first-order chi connectivity index (χ1) is 14.6. The van der Waals surface area contributed by atoms with Crippen molar-refractivity contribution in [3.63, 3.8) is 0 Å². The summed E-state index contributed by atoms with van der Waals surface area (Å²) < 4.78 is 5.78. The summed E-state index contributed by atoms with van der Waals surface area (Å²) in [5.74, 6) is 1.49. The number of amides is 2. The summed E-state index contributed by atoms with van der Waals surface area (Å²) in [5.41, 5.74) is 3.64. The summed E-state index contributed by atoms with van der Waals surface area (Å²) in [6.45, 7) is 2.72. The fourth-order valence-corrected chi connectivity index (χ4v) is 3.72. The van der Waals surface area contributed by atoms with E-state index >= 15 is 0 Å². The summed E-state index contributed by atoms with van der Waals surface area (Å²) in [6, 6.07) is 15.5. The molecule has 2 aromatic carbocycles. The molecule has 6 nitrogen and oxygen atoms in total. The van der Waals surface area contributed by atoms with Crippen LogP contribution in [0.25, 0.3) is 11.3 Å². The second kappa shape index (κ2) is 8.95. The van der Waals surface area contributed by atoms with Crippen LogP contribution in [0.2, 0.25) is 0 Å². The average Bonchev–Trinajstić information content (AvgIpc) is 3.38. The van der Waals surface area contributed by atoms with Gasteiger partial charge in [-0.15, -0.1) is 0 Å². The monoisotopic (exact) mass is 403 g/mol. The van der Waals surface area contributed by atoms with E-state index < -0.39 is 0 Å². The van der Waals surface area contributed by atoms with E-state index in [2.05, 4.69) is 10.3 Å². The molecule has 0 atom stereocenters. The molecule has 0 bridgehead atoms. The maximum absolute atomic E-state index is 12.3. The maximum atomic E-state index is 12.3. The molecule has 30 heavy (non-hydrogen) atoms. The third-order valence-corrected chi connectivity index (χ3v) is 5.25. The van der Waals surface area contributed by atoms with Gasteiger partial charge in [0.1, 0.15) is 0 Å². The van der Waals surface area contributed by atoms with E-state index in [-0.39, 0.29) is 11.8 Å². The Morgan fingerprint density at radius 2 is 2.03 bits per heavy atom. The highest BCUT2D eigenvalue weighted by Gasteiger charge is 2.23. The van der Waals surface area contributed by atoms with Crippen molar-refractivity contribution in [3.05, 3.63) is 66.2 Å². The van der Waals surface area contributed by atoms with Crippen LogP contribution in [0.1, 0.15) is 37.1 Å². The first kappa shape index (κ1) is 19.9. The van der Waals surface area contributed by atoms with Gasteiger partial charge in [0, 0.05) is 42.7 Å². The minimum atomic E-state index is -0.0470. The molecule has 6 heteroatoms. The fraction of sp³-hybridized carbons (Fsp3) is 0.292. The number of nitrogens with one attached hydrogen (secondary N) is 1. The third-order valence-electron chi connectivity index (χ3n) is 5.25. The summed E-state index contributed by atoms with van der Waals surface area (Å²) >= 11 is 0. The maximum Gasteiger partial charge on any atom is 0.227 e. The van der Waals surface area contributed by atoms with Crippen LogP contribution in [-0.2, 0) is 16.0 Å². The summed E-state index contributed by atoms with van der Waals surface area (Å²) in [4.78, 5) is 30.4. The van der Waals surface area contributed by atoms with Gasteiger partial charge in [-0.05, 0) is 43.5 Å². The smallest absolute Gasteiger partial charge is 0.227 e. The highest BCUT2D eigenvalue weighted by molar-refractivity contribution is 5.97. The molecular formula is C24H25N3O3. The third kappa shape index (κ3) is 4.59. The van der Waals surface area contributed by atoms with Gasteiger partial charge in [0.15, 0.2) is 11.7 Å². The second-order valence-electron chi connectivity index (χ2n) is 7.54. The van der Waals surface area contributed by atoms with Crippen molar-refractivity contribution >= 4 is 23.2 Å². The topological polar surface area (TPSA) is 75.4 Å². The van der Waals surface area contributed by atoms with Crippen molar-refractivity contribution < 1.29 is 14.0 Å².